The summed E-state index contributed by atoms with van der Waals surface area (Å²) < 4.78 is 42.9. The summed E-state index contributed by atoms with van der Waals surface area (Å²) in [6.07, 6.45) is -3.47. The number of fused-ring (bicyclic) bond motifs is 1. The predicted molar refractivity (Wildman–Crippen MR) is 178 cm³/mol. The fourth-order valence-corrected chi connectivity index (χ4v) is 6.51. The summed E-state index contributed by atoms with van der Waals surface area (Å²) >= 11 is 13.0. The number of alkyl halides is 3. The number of nitrogen functional groups attached to an aromatic ring is 1. The Labute approximate surface area is 274 Å². The van der Waals surface area contributed by atoms with Crippen LogP contribution in [0.5, 0.6) is 0 Å². The number of benzene rings is 3. The number of nitrogens with two attached hydrogens (primary N) is 1. The van der Waals surface area contributed by atoms with E-state index in [1.54, 1.807) is 23.1 Å². The highest BCUT2D eigenvalue weighted by molar-refractivity contribution is 6.36. The van der Waals surface area contributed by atoms with Gasteiger partial charge in [0, 0.05) is 47.2 Å². The molecule has 238 valence electrons. The number of nitrogens with zero attached hydrogens (tertiary/aromatic N) is 4. The Morgan fingerprint density at radius 3 is 2.41 bits per heavy atom. The maximum Gasteiger partial charge on any atom is 0.416 e. The van der Waals surface area contributed by atoms with Gasteiger partial charge >= 0.3 is 6.18 Å². The Morgan fingerprint density at radius 1 is 1.11 bits per heavy atom. The summed E-state index contributed by atoms with van der Waals surface area (Å²) in [5.41, 5.74) is 6.41. The van der Waals surface area contributed by atoms with E-state index in [0.717, 1.165) is 17.7 Å². The maximum absolute atomic E-state index is 14.4. The smallest absolute Gasteiger partial charge is 0.397 e. The number of hydrogen-bond acceptors (Lipinski definition) is 4. The van der Waals surface area contributed by atoms with Gasteiger partial charge in [-0.3, -0.25) is 14.2 Å². The predicted octanol–water partition coefficient (Wildman–Crippen LogP) is 8.46. The van der Waals surface area contributed by atoms with Gasteiger partial charge in [0.1, 0.15) is 0 Å². The summed E-state index contributed by atoms with van der Waals surface area (Å²) in [6, 6.07) is 11.6. The Hall–Kier alpha value is -4.46. The third kappa shape index (κ3) is 5.70. The molecule has 7 nitrogen and oxygen atoms in total. The first-order valence-corrected chi connectivity index (χ1v) is 15.2. The fourth-order valence-electron chi connectivity index (χ4n) is 6.02. The third-order valence-corrected chi connectivity index (χ3v) is 8.90. The Bertz CT molecular complexity index is 2000. The molecule has 1 amide bonds. The van der Waals surface area contributed by atoms with Crippen LogP contribution in [0.15, 0.2) is 66.0 Å². The van der Waals surface area contributed by atoms with Gasteiger partial charge < -0.3 is 15.5 Å². The molecule has 2 N–H and O–H groups in total. The fraction of sp³-hybridized carbons (Fsp3) is 0.265. The average molecular weight is 669 g/mol. The van der Waals surface area contributed by atoms with Gasteiger partial charge in [-0.05, 0) is 54.8 Å². The first-order chi connectivity index (χ1) is 21.7. The summed E-state index contributed by atoms with van der Waals surface area (Å²) in [7, 11) is 0. The second-order valence-corrected chi connectivity index (χ2v) is 12.3. The molecule has 12 heteroatoms. The zero-order valence-electron chi connectivity index (χ0n) is 25.3. The molecule has 4 aromatic rings. The van der Waals surface area contributed by atoms with Crippen molar-refractivity contribution in [3.05, 3.63) is 104 Å². The minimum absolute atomic E-state index is 0.0191. The lowest BCUT2D eigenvalue weighted by Crippen LogP contribution is -2.53. The number of amides is 1. The van der Waals surface area contributed by atoms with Crippen LogP contribution in [-0.4, -0.2) is 41.1 Å². The van der Waals surface area contributed by atoms with E-state index >= 15 is 0 Å². The van der Waals surface area contributed by atoms with Gasteiger partial charge in [-0.15, -0.1) is 0 Å². The molecular weight excluding hydrogens is 638 g/mol. The molecule has 5 rings (SSSR count). The number of hydrogen-bond donors (Lipinski definition) is 1. The summed E-state index contributed by atoms with van der Waals surface area (Å²) in [6.45, 7) is 18.4. The van der Waals surface area contributed by atoms with Crippen molar-refractivity contribution in [2.24, 2.45) is 0 Å². The van der Waals surface area contributed by atoms with Crippen LogP contribution >= 0.6 is 23.2 Å². The number of anilines is 2. The Morgan fingerprint density at radius 2 is 1.80 bits per heavy atom. The number of piperazine rings is 1. The minimum atomic E-state index is -4.71. The lowest BCUT2D eigenvalue weighted by Gasteiger charge is -2.42. The number of carbonyl (C=O) groups is 1. The van der Waals surface area contributed by atoms with Crippen molar-refractivity contribution in [2.75, 3.05) is 30.3 Å². The molecule has 1 saturated heterocycles. The van der Waals surface area contributed by atoms with E-state index in [1.807, 2.05) is 37.8 Å². The Balaban J connectivity index is 1.90. The van der Waals surface area contributed by atoms with E-state index < -0.39 is 17.3 Å². The van der Waals surface area contributed by atoms with Crippen molar-refractivity contribution in [3.8, 4) is 16.8 Å². The first-order valence-electron chi connectivity index (χ1n) is 14.4. The number of rotatable bonds is 5. The van der Waals surface area contributed by atoms with E-state index in [-0.39, 0.29) is 50.4 Å². The quantitative estimate of drug-likeness (QED) is 0.132. The molecule has 1 aromatic heterocycles. The molecule has 1 aliphatic heterocycles. The second-order valence-electron chi connectivity index (χ2n) is 11.5. The van der Waals surface area contributed by atoms with Crippen LogP contribution < -0.4 is 16.2 Å². The topological polar surface area (TPSA) is 75.9 Å². The normalized spacial score (nSPS) is 15.3. The number of halogens is 5. The van der Waals surface area contributed by atoms with Crippen LogP contribution in [0.2, 0.25) is 10.0 Å². The molecule has 1 fully saturated rings. The van der Waals surface area contributed by atoms with Crippen LogP contribution in [0.1, 0.15) is 37.8 Å². The largest absolute Gasteiger partial charge is 0.416 e. The third-order valence-electron chi connectivity index (χ3n) is 8.27. The van der Waals surface area contributed by atoms with Gasteiger partial charge in [0.25, 0.3) is 11.2 Å². The molecule has 0 bridgehead atoms. The molecule has 0 saturated carbocycles. The molecule has 0 aliphatic carbocycles. The summed E-state index contributed by atoms with van der Waals surface area (Å²) in [5.74, 6) is -0.248. The van der Waals surface area contributed by atoms with Crippen LogP contribution in [0, 0.1) is 6.57 Å². The number of aromatic nitrogens is 1. The monoisotopic (exact) mass is 667 g/mol. The van der Waals surface area contributed by atoms with Crippen LogP contribution in [0.4, 0.5) is 30.2 Å². The molecule has 46 heavy (non-hydrogen) atoms. The molecule has 1 aliphatic rings. The number of para-hydroxylation sites is 1. The SMILES string of the molecule is [C-]#[N+]c1c(N2CCN(C(=O)C=C)C[C@@H]2C)c2cc(Cl)c(-c3cc(C(F)(F)F)cc(Cl)c3N)cc2n(-c2ccccc2C(C)C)c1=O. The first kappa shape index (κ1) is 32.9. The molecular formula is C34H30Cl2F3N5O2. The van der Waals surface area contributed by atoms with Gasteiger partial charge in [-0.1, -0.05) is 61.8 Å². The van der Waals surface area contributed by atoms with Crippen LogP contribution in [0.25, 0.3) is 32.6 Å². The Kier molecular flexibility index (Phi) is 8.86. The highest BCUT2D eigenvalue weighted by Gasteiger charge is 2.34. The van der Waals surface area contributed by atoms with Gasteiger partial charge in [0.05, 0.1) is 39.7 Å². The van der Waals surface area contributed by atoms with Crippen molar-refractivity contribution in [3.63, 3.8) is 0 Å². The highest BCUT2D eigenvalue weighted by atomic mass is 35.5. The summed E-state index contributed by atoms with van der Waals surface area (Å²) in [5, 5.41) is 0.181. The van der Waals surface area contributed by atoms with Gasteiger partial charge in [0.2, 0.25) is 5.91 Å². The van der Waals surface area contributed by atoms with Crippen LogP contribution in [-0.2, 0) is 11.0 Å². The molecule has 0 radical (unpaired) electrons. The molecule has 3 aromatic carbocycles. The molecule has 1 atom stereocenters. The lowest BCUT2D eigenvalue weighted by atomic mass is 9.96. The lowest BCUT2D eigenvalue weighted by molar-refractivity contribution is -0.137. The van der Waals surface area contributed by atoms with Crippen molar-refractivity contribution >= 4 is 57.1 Å². The van der Waals surface area contributed by atoms with Crippen molar-refractivity contribution in [1.29, 1.82) is 0 Å². The van der Waals surface area contributed by atoms with Gasteiger partial charge in [-0.25, -0.2) is 4.85 Å². The average Bonchev–Trinajstić information content (AvgIpc) is 3.01. The van der Waals surface area contributed by atoms with E-state index in [2.05, 4.69) is 11.4 Å². The zero-order chi connectivity index (χ0) is 33.7. The van der Waals surface area contributed by atoms with Crippen LogP contribution in [0.3, 0.4) is 0 Å². The van der Waals surface area contributed by atoms with Gasteiger partial charge in [-0.2, -0.15) is 13.2 Å². The minimum Gasteiger partial charge on any atom is -0.397 e. The number of pyridine rings is 1. The molecule has 0 spiro atoms. The van der Waals surface area contributed by atoms with E-state index in [1.165, 1.54) is 16.7 Å². The van der Waals surface area contributed by atoms with E-state index in [9.17, 15) is 22.8 Å². The maximum atomic E-state index is 14.4. The van der Waals surface area contributed by atoms with Gasteiger partial charge in [0.15, 0.2) is 0 Å². The molecule has 2 heterocycles. The van der Waals surface area contributed by atoms with E-state index in [0.29, 0.717) is 41.9 Å². The highest BCUT2D eigenvalue weighted by Crippen LogP contribution is 2.45. The van der Waals surface area contributed by atoms with Crippen molar-refractivity contribution < 1.29 is 18.0 Å². The second kappa shape index (κ2) is 12.4. The van der Waals surface area contributed by atoms with Crippen molar-refractivity contribution in [1.82, 2.24) is 9.47 Å². The molecule has 0 unspecified atom stereocenters. The van der Waals surface area contributed by atoms with Crippen molar-refractivity contribution in [2.45, 2.75) is 38.9 Å². The standard InChI is InChI=1S/C34H30Cl2F3N5O2/c1-6-29(45)42-11-12-43(19(4)17-42)32-24-15-25(35)22(23-13-20(34(37,38)39)14-26(36)30(23)40)16-28(24)44(33(46)31(32)41-5)27-10-8-7-9-21(27)18(2)3/h6-10,13-16,18-19H,1,11-12,17,40H2,2-4H3/t19-/m0/s1. The zero-order valence-corrected chi connectivity index (χ0v) is 26.8. The summed E-state index contributed by atoms with van der Waals surface area (Å²) in [4.78, 5) is 34.0. The number of carbonyl (C=O) groups excluding carboxylic acids is 1. The van der Waals surface area contributed by atoms with E-state index in [4.69, 9.17) is 35.5 Å².